The van der Waals surface area contributed by atoms with E-state index in [1.54, 1.807) is 11.8 Å². The number of fused-ring (bicyclic) bond motifs is 1. The summed E-state index contributed by atoms with van der Waals surface area (Å²) >= 11 is 1.72. The lowest BCUT2D eigenvalue weighted by molar-refractivity contribution is 0.0951. The highest BCUT2D eigenvalue weighted by molar-refractivity contribution is 8.00. The second kappa shape index (κ2) is 7.58. The fourth-order valence-corrected chi connectivity index (χ4v) is 3.71. The molecule has 0 saturated heterocycles. The molecular formula is C20H22N2OS. The molecule has 2 aromatic carbocycles. The Morgan fingerprint density at radius 1 is 1.12 bits per heavy atom. The molecule has 1 heterocycles. The first-order valence-electron chi connectivity index (χ1n) is 8.24. The van der Waals surface area contributed by atoms with Gasteiger partial charge in [0.25, 0.3) is 5.91 Å². The summed E-state index contributed by atoms with van der Waals surface area (Å²) in [5.74, 6) is -0.00130. The van der Waals surface area contributed by atoms with E-state index in [9.17, 15) is 4.79 Å². The van der Waals surface area contributed by atoms with Gasteiger partial charge in [0.1, 0.15) is 0 Å². The first kappa shape index (κ1) is 16.7. The van der Waals surface area contributed by atoms with Crippen molar-refractivity contribution in [3.8, 4) is 0 Å². The number of benzene rings is 2. The van der Waals surface area contributed by atoms with Gasteiger partial charge in [0.15, 0.2) is 0 Å². The lowest BCUT2D eigenvalue weighted by atomic mass is 10.1. The third-order valence-corrected chi connectivity index (χ3v) is 4.93. The van der Waals surface area contributed by atoms with Crippen LogP contribution in [0.15, 0.2) is 59.6 Å². The molecule has 24 heavy (non-hydrogen) atoms. The smallest absolute Gasteiger partial charge is 0.252 e. The van der Waals surface area contributed by atoms with Crippen LogP contribution in [0.5, 0.6) is 0 Å². The molecule has 0 fully saturated rings. The summed E-state index contributed by atoms with van der Waals surface area (Å²) in [4.78, 5) is 16.8. The summed E-state index contributed by atoms with van der Waals surface area (Å²) in [6.07, 6.45) is 2.84. The first-order valence-corrected chi connectivity index (χ1v) is 9.12. The Labute approximate surface area is 146 Å². The van der Waals surface area contributed by atoms with E-state index in [0.717, 1.165) is 22.4 Å². The van der Waals surface area contributed by atoms with E-state index in [1.807, 2.05) is 42.6 Å². The summed E-state index contributed by atoms with van der Waals surface area (Å²) in [5, 5.41) is 4.72. The summed E-state index contributed by atoms with van der Waals surface area (Å²) in [7, 11) is 0. The van der Waals surface area contributed by atoms with Crippen LogP contribution in [0.25, 0.3) is 10.9 Å². The predicted molar refractivity (Wildman–Crippen MR) is 102 cm³/mol. The number of hydrogen-bond donors (Lipinski definition) is 2. The van der Waals surface area contributed by atoms with Crippen molar-refractivity contribution in [1.82, 2.24) is 10.3 Å². The number of amides is 1. The van der Waals surface area contributed by atoms with Crippen LogP contribution in [0.2, 0.25) is 0 Å². The Kier molecular flexibility index (Phi) is 5.26. The molecule has 3 rings (SSSR count). The van der Waals surface area contributed by atoms with Gasteiger partial charge >= 0.3 is 0 Å². The molecule has 0 aliphatic carbocycles. The van der Waals surface area contributed by atoms with Gasteiger partial charge in [0, 0.05) is 33.8 Å². The Balaban J connectivity index is 1.64. The Hall–Kier alpha value is -2.20. The van der Waals surface area contributed by atoms with Crippen LogP contribution in [0.3, 0.4) is 0 Å². The molecule has 0 bridgehead atoms. The summed E-state index contributed by atoms with van der Waals surface area (Å²) in [6, 6.07) is 16.0. The molecule has 0 aliphatic rings. The molecule has 4 heteroatoms. The van der Waals surface area contributed by atoms with Crippen molar-refractivity contribution in [1.29, 1.82) is 0 Å². The highest BCUT2D eigenvalue weighted by Crippen LogP contribution is 2.26. The molecule has 124 valence electrons. The van der Waals surface area contributed by atoms with Gasteiger partial charge in [-0.2, -0.15) is 0 Å². The number of aromatic amines is 1. The van der Waals surface area contributed by atoms with Crippen molar-refractivity contribution >= 4 is 28.6 Å². The van der Waals surface area contributed by atoms with Gasteiger partial charge < -0.3 is 10.3 Å². The normalized spacial score (nSPS) is 11.1. The summed E-state index contributed by atoms with van der Waals surface area (Å²) < 4.78 is 0. The average Bonchev–Trinajstić information content (AvgIpc) is 2.98. The maximum atomic E-state index is 12.5. The van der Waals surface area contributed by atoms with E-state index in [2.05, 4.69) is 36.3 Å². The number of thioether (sulfide) groups is 1. The molecule has 1 aromatic heterocycles. The molecule has 0 atom stereocenters. The van der Waals surface area contributed by atoms with Crippen molar-refractivity contribution in [2.45, 2.75) is 30.4 Å². The van der Waals surface area contributed by atoms with Gasteiger partial charge in [-0.05, 0) is 30.2 Å². The van der Waals surface area contributed by atoms with E-state index in [1.165, 1.54) is 10.9 Å². The van der Waals surface area contributed by atoms with Crippen molar-refractivity contribution in [2.24, 2.45) is 0 Å². The molecule has 0 radical (unpaired) electrons. The van der Waals surface area contributed by atoms with E-state index in [4.69, 9.17) is 0 Å². The predicted octanol–water partition coefficient (Wildman–Crippen LogP) is 4.64. The molecule has 0 aliphatic heterocycles. The second-order valence-corrected chi connectivity index (χ2v) is 7.65. The van der Waals surface area contributed by atoms with Crippen LogP contribution in [0, 0.1) is 0 Å². The van der Waals surface area contributed by atoms with Crippen LogP contribution in [0.4, 0.5) is 0 Å². The number of aromatic nitrogens is 1. The van der Waals surface area contributed by atoms with Gasteiger partial charge in [0.2, 0.25) is 0 Å². The van der Waals surface area contributed by atoms with Crippen molar-refractivity contribution < 1.29 is 4.79 Å². The number of rotatable bonds is 6. The highest BCUT2D eigenvalue weighted by atomic mass is 32.2. The largest absolute Gasteiger partial charge is 0.361 e. The zero-order valence-corrected chi connectivity index (χ0v) is 14.8. The minimum absolute atomic E-state index is 0.00130. The Bertz CT molecular complexity index is 838. The average molecular weight is 338 g/mol. The Morgan fingerprint density at radius 2 is 1.88 bits per heavy atom. The fraction of sp³-hybridized carbons (Fsp3) is 0.250. The quantitative estimate of drug-likeness (QED) is 0.643. The summed E-state index contributed by atoms with van der Waals surface area (Å²) in [6.45, 7) is 4.90. The molecule has 0 saturated carbocycles. The van der Waals surface area contributed by atoms with Gasteiger partial charge in [-0.15, -0.1) is 11.8 Å². The van der Waals surface area contributed by atoms with Gasteiger partial charge in [-0.3, -0.25) is 4.79 Å². The molecule has 2 N–H and O–H groups in total. The molecule has 0 unspecified atom stereocenters. The van der Waals surface area contributed by atoms with E-state index in [0.29, 0.717) is 11.8 Å². The van der Waals surface area contributed by atoms with Crippen molar-refractivity contribution in [3.63, 3.8) is 0 Å². The maximum absolute atomic E-state index is 12.5. The fourth-order valence-electron chi connectivity index (χ4n) is 2.76. The van der Waals surface area contributed by atoms with E-state index >= 15 is 0 Å². The van der Waals surface area contributed by atoms with Gasteiger partial charge in [-0.1, -0.05) is 44.2 Å². The minimum Gasteiger partial charge on any atom is -0.361 e. The molecule has 3 aromatic rings. The number of para-hydroxylation sites is 1. The highest BCUT2D eigenvalue weighted by Gasteiger charge is 2.12. The number of nitrogens with one attached hydrogen (secondary N) is 2. The topological polar surface area (TPSA) is 44.9 Å². The van der Waals surface area contributed by atoms with Crippen LogP contribution in [-0.4, -0.2) is 22.7 Å². The SMILES string of the molecule is CC(C)Sc1ccccc1C(=O)NCCc1c[nH]c2ccccc12. The van der Waals surface area contributed by atoms with Crippen molar-refractivity contribution in [3.05, 3.63) is 65.9 Å². The second-order valence-electron chi connectivity index (χ2n) is 6.03. The van der Waals surface area contributed by atoms with Gasteiger partial charge in [-0.25, -0.2) is 0 Å². The molecular weight excluding hydrogens is 316 g/mol. The minimum atomic E-state index is -0.00130. The maximum Gasteiger partial charge on any atom is 0.252 e. The standard InChI is InChI=1S/C20H22N2OS/c1-14(2)24-19-10-6-4-8-17(19)20(23)21-12-11-15-13-22-18-9-5-3-7-16(15)18/h3-10,13-14,22H,11-12H2,1-2H3,(H,21,23). The van der Waals surface area contributed by atoms with Crippen LogP contribution in [0.1, 0.15) is 29.8 Å². The van der Waals surface area contributed by atoms with Crippen molar-refractivity contribution in [2.75, 3.05) is 6.54 Å². The third-order valence-electron chi connectivity index (χ3n) is 3.85. The number of carbonyl (C=O) groups is 1. The molecule has 0 spiro atoms. The number of carbonyl (C=O) groups excluding carboxylic acids is 1. The Morgan fingerprint density at radius 3 is 2.71 bits per heavy atom. The van der Waals surface area contributed by atoms with E-state index in [-0.39, 0.29) is 5.91 Å². The zero-order chi connectivity index (χ0) is 16.9. The lowest BCUT2D eigenvalue weighted by Gasteiger charge is -2.11. The summed E-state index contributed by atoms with van der Waals surface area (Å²) in [5.41, 5.74) is 3.13. The van der Waals surface area contributed by atoms with Crippen LogP contribution >= 0.6 is 11.8 Å². The molecule has 1 amide bonds. The first-order chi connectivity index (χ1) is 11.6. The number of H-pyrrole nitrogens is 1. The molecule has 3 nitrogen and oxygen atoms in total. The van der Waals surface area contributed by atoms with E-state index < -0.39 is 0 Å². The lowest BCUT2D eigenvalue weighted by Crippen LogP contribution is -2.26. The zero-order valence-electron chi connectivity index (χ0n) is 14.0. The van der Waals surface area contributed by atoms with Gasteiger partial charge in [0.05, 0.1) is 5.56 Å². The van der Waals surface area contributed by atoms with Crippen LogP contribution < -0.4 is 5.32 Å². The van der Waals surface area contributed by atoms with Crippen LogP contribution in [-0.2, 0) is 6.42 Å². The third kappa shape index (κ3) is 3.82. The monoisotopic (exact) mass is 338 g/mol. The number of hydrogen-bond acceptors (Lipinski definition) is 2.